The van der Waals surface area contributed by atoms with Gasteiger partial charge in [0.1, 0.15) is 11.9 Å². The van der Waals surface area contributed by atoms with E-state index < -0.39 is 17.8 Å². The molecule has 1 aromatic heterocycles. The molecule has 2 N–H and O–H groups in total. The van der Waals surface area contributed by atoms with Gasteiger partial charge in [0.25, 0.3) is 0 Å². The number of carboxylic acid groups (broad SMARTS) is 1. The first-order valence-corrected chi connectivity index (χ1v) is 14.7. The second-order valence-corrected chi connectivity index (χ2v) is 11.7. The molecule has 1 saturated carbocycles. The minimum atomic E-state index is -0.953. The van der Waals surface area contributed by atoms with E-state index in [0.29, 0.717) is 24.6 Å². The Morgan fingerprint density at radius 3 is 2.87 bits per heavy atom. The Bertz CT molecular complexity index is 1150. The number of aliphatic carboxylic acids is 1. The van der Waals surface area contributed by atoms with Crippen LogP contribution < -0.4 is 10.1 Å². The molecule has 8 heteroatoms. The number of pyridine rings is 1. The highest BCUT2D eigenvalue weighted by molar-refractivity contribution is 5.77. The summed E-state index contributed by atoms with van der Waals surface area (Å²) in [7, 11) is 3.55. The van der Waals surface area contributed by atoms with Gasteiger partial charge in [-0.2, -0.15) is 0 Å². The van der Waals surface area contributed by atoms with Crippen LogP contribution in [0.15, 0.2) is 24.3 Å². The Balaban J connectivity index is 1.13. The summed E-state index contributed by atoms with van der Waals surface area (Å²) in [5, 5.41) is 13.6. The van der Waals surface area contributed by atoms with E-state index in [4.69, 9.17) is 9.72 Å². The number of carbonyl (C=O) groups is 1. The number of methoxy groups -OCH3 is 1. The van der Waals surface area contributed by atoms with Crippen LogP contribution in [0.2, 0.25) is 0 Å². The molecule has 1 saturated heterocycles. The van der Waals surface area contributed by atoms with Gasteiger partial charge in [-0.25, -0.2) is 9.37 Å². The Hall–Kier alpha value is -2.71. The van der Waals surface area contributed by atoms with Gasteiger partial charge in [0.2, 0.25) is 0 Å². The second kappa shape index (κ2) is 12.6. The maximum Gasteiger partial charge on any atom is 0.325 e. The molecule has 2 aliphatic heterocycles. The molecular weight excluding hydrogens is 495 g/mol. The fourth-order valence-corrected chi connectivity index (χ4v) is 6.25. The van der Waals surface area contributed by atoms with Crippen LogP contribution in [-0.4, -0.2) is 72.2 Å². The maximum atomic E-state index is 14.9. The highest BCUT2D eigenvalue weighted by Gasteiger charge is 2.37. The van der Waals surface area contributed by atoms with Crippen LogP contribution in [0, 0.1) is 11.7 Å². The van der Waals surface area contributed by atoms with Crippen LogP contribution in [0.25, 0.3) is 0 Å². The van der Waals surface area contributed by atoms with Crippen LogP contribution in [0.1, 0.15) is 73.4 Å². The summed E-state index contributed by atoms with van der Waals surface area (Å²) in [6.07, 6.45) is 10.7. The van der Waals surface area contributed by atoms with E-state index in [0.717, 1.165) is 88.0 Å². The standard InChI is InChI=1S/C31H43FN4O3/c1-35(15-5-3-4-8-24-12-11-23-7-6-14-33-30(23)34-24)25-13-16-36(20-25)28(31(37)38)26-18-22(17-21-9-10-21)19-27(32)29(26)39-2/h11-12,18-19,21,25,28H,3-10,13-17,20H2,1-2H3,(H,33,34)(H,37,38)/t25-,28+/m1/s1. The Kier molecular flexibility index (Phi) is 9.03. The topological polar surface area (TPSA) is 77.9 Å². The lowest BCUT2D eigenvalue weighted by Crippen LogP contribution is -2.38. The monoisotopic (exact) mass is 538 g/mol. The summed E-state index contributed by atoms with van der Waals surface area (Å²) in [6.45, 7) is 3.31. The van der Waals surface area contributed by atoms with Crippen molar-refractivity contribution in [3.05, 3.63) is 52.5 Å². The summed E-state index contributed by atoms with van der Waals surface area (Å²) in [6, 6.07) is 7.15. The summed E-state index contributed by atoms with van der Waals surface area (Å²) in [5.41, 5.74) is 3.80. The van der Waals surface area contributed by atoms with E-state index >= 15 is 0 Å². The number of nitrogens with one attached hydrogen (secondary N) is 1. The molecule has 5 rings (SSSR count). The molecule has 0 bridgehead atoms. The van der Waals surface area contributed by atoms with Gasteiger partial charge < -0.3 is 20.1 Å². The van der Waals surface area contributed by atoms with Crippen LogP contribution in [0.4, 0.5) is 10.2 Å². The quantitative estimate of drug-likeness (QED) is 0.344. The van der Waals surface area contributed by atoms with E-state index in [9.17, 15) is 14.3 Å². The molecule has 2 aromatic rings. The maximum absolute atomic E-state index is 14.9. The van der Waals surface area contributed by atoms with Gasteiger partial charge in [0.05, 0.1) is 7.11 Å². The largest absolute Gasteiger partial charge is 0.493 e. The molecule has 1 aromatic carbocycles. The summed E-state index contributed by atoms with van der Waals surface area (Å²) in [5.74, 6) is 0.295. The van der Waals surface area contributed by atoms with Crippen LogP contribution in [0.5, 0.6) is 5.75 Å². The molecule has 0 radical (unpaired) electrons. The predicted octanol–water partition coefficient (Wildman–Crippen LogP) is 5.08. The average molecular weight is 539 g/mol. The van der Waals surface area contributed by atoms with Crippen LogP contribution in [0.3, 0.4) is 0 Å². The molecule has 1 aliphatic carbocycles. The van der Waals surface area contributed by atoms with Crippen molar-refractivity contribution < 1.29 is 19.0 Å². The third kappa shape index (κ3) is 6.90. The number of likely N-dealkylation sites (tertiary alicyclic amines) is 1. The van der Waals surface area contributed by atoms with Gasteiger partial charge in [-0.1, -0.05) is 12.5 Å². The Morgan fingerprint density at radius 1 is 1.26 bits per heavy atom. The average Bonchev–Trinajstić information content (AvgIpc) is 3.60. The Labute approximate surface area is 231 Å². The van der Waals surface area contributed by atoms with Crippen LogP contribution in [-0.2, 0) is 24.1 Å². The highest BCUT2D eigenvalue weighted by Crippen LogP contribution is 2.38. The molecule has 7 nitrogen and oxygen atoms in total. The number of carboxylic acids is 1. The fraction of sp³-hybridized carbons (Fsp3) is 0.613. The fourth-order valence-electron chi connectivity index (χ4n) is 6.25. The van der Waals surface area contributed by atoms with E-state index in [2.05, 4.69) is 29.4 Å². The number of aromatic nitrogens is 1. The third-order valence-electron chi connectivity index (χ3n) is 8.66. The number of unbranched alkanes of at least 4 members (excludes halogenated alkanes) is 2. The van der Waals surface area contributed by atoms with Gasteiger partial charge in [-0.05, 0) is 107 Å². The zero-order valence-corrected chi connectivity index (χ0v) is 23.4. The van der Waals surface area contributed by atoms with Gasteiger partial charge >= 0.3 is 5.97 Å². The number of hydrogen-bond donors (Lipinski definition) is 2. The SMILES string of the molecule is COc1c(F)cc(CC2CC2)cc1[C@@H](C(=O)O)N1CC[C@@H](N(C)CCCCCc2ccc3c(n2)NCCC3)C1. The molecular formula is C31H43FN4O3. The van der Waals surface area contributed by atoms with Crippen molar-refractivity contribution in [1.29, 1.82) is 0 Å². The third-order valence-corrected chi connectivity index (χ3v) is 8.66. The number of nitrogens with zero attached hydrogens (tertiary/aromatic N) is 3. The van der Waals surface area contributed by atoms with Crippen molar-refractivity contribution in [3.63, 3.8) is 0 Å². The number of benzene rings is 1. The zero-order valence-electron chi connectivity index (χ0n) is 23.4. The zero-order chi connectivity index (χ0) is 27.4. The Morgan fingerprint density at radius 2 is 2.10 bits per heavy atom. The van der Waals surface area contributed by atoms with Crippen LogP contribution >= 0.6 is 0 Å². The first-order chi connectivity index (χ1) is 18.9. The van der Waals surface area contributed by atoms with Crippen molar-refractivity contribution in [1.82, 2.24) is 14.8 Å². The number of fused-ring (bicyclic) bond motifs is 1. The van der Waals surface area contributed by atoms with E-state index in [1.807, 2.05) is 11.0 Å². The molecule has 3 aliphatic rings. The molecule has 39 heavy (non-hydrogen) atoms. The minimum absolute atomic E-state index is 0.0583. The smallest absolute Gasteiger partial charge is 0.325 e. The highest BCUT2D eigenvalue weighted by atomic mass is 19.1. The van der Waals surface area contributed by atoms with Gasteiger partial charge in [0, 0.05) is 36.9 Å². The molecule has 0 spiro atoms. The van der Waals surface area contributed by atoms with Crippen molar-refractivity contribution in [2.45, 2.75) is 76.3 Å². The molecule has 212 valence electrons. The number of likely N-dealkylation sites (N-methyl/N-ethyl adjacent to an activating group) is 1. The molecule has 0 amide bonds. The number of hydrogen-bond acceptors (Lipinski definition) is 6. The van der Waals surface area contributed by atoms with Crippen molar-refractivity contribution in [2.24, 2.45) is 5.92 Å². The molecule has 3 heterocycles. The minimum Gasteiger partial charge on any atom is -0.493 e. The van der Waals surface area contributed by atoms with E-state index in [1.165, 1.54) is 25.2 Å². The van der Waals surface area contributed by atoms with Gasteiger partial charge in [-0.15, -0.1) is 0 Å². The number of rotatable bonds is 13. The molecule has 0 unspecified atom stereocenters. The second-order valence-electron chi connectivity index (χ2n) is 11.7. The van der Waals surface area contributed by atoms with E-state index in [-0.39, 0.29) is 11.8 Å². The number of halogens is 1. The lowest BCUT2D eigenvalue weighted by Gasteiger charge is -2.28. The first kappa shape index (κ1) is 27.8. The lowest BCUT2D eigenvalue weighted by molar-refractivity contribution is -0.143. The lowest BCUT2D eigenvalue weighted by atomic mass is 9.98. The van der Waals surface area contributed by atoms with Crippen molar-refractivity contribution in [3.8, 4) is 5.75 Å². The summed E-state index contributed by atoms with van der Waals surface area (Å²) >= 11 is 0. The van der Waals surface area contributed by atoms with Gasteiger partial charge in [-0.3, -0.25) is 9.69 Å². The molecule has 2 fully saturated rings. The number of ether oxygens (including phenoxy) is 1. The van der Waals surface area contributed by atoms with Crippen molar-refractivity contribution in [2.75, 3.05) is 45.7 Å². The van der Waals surface area contributed by atoms with E-state index in [1.54, 1.807) is 0 Å². The summed E-state index contributed by atoms with van der Waals surface area (Å²) in [4.78, 5) is 21.6. The summed E-state index contributed by atoms with van der Waals surface area (Å²) < 4.78 is 20.3. The first-order valence-electron chi connectivity index (χ1n) is 14.7. The van der Waals surface area contributed by atoms with Gasteiger partial charge in [0.15, 0.2) is 11.6 Å². The number of anilines is 1. The molecule has 2 atom stereocenters. The number of aryl methyl sites for hydroxylation is 2. The van der Waals surface area contributed by atoms with Crippen molar-refractivity contribution >= 4 is 11.8 Å². The normalized spacial score (nSPS) is 20.1. The predicted molar refractivity (Wildman–Crippen MR) is 151 cm³/mol.